The van der Waals surface area contributed by atoms with E-state index in [0.717, 1.165) is 12.0 Å². The first-order valence-electron chi connectivity index (χ1n) is 7.14. The maximum absolute atomic E-state index is 12.2. The van der Waals surface area contributed by atoms with E-state index in [1.54, 1.807) is 0 Å². The van der Waals surface area contributed by atoms with Gasteiger partial charge in [-0.3, -0.25) is 4.79 Å². The number of hydrogen-bond acceptors (Lipinski definition) is 2. The van der Waals surface area contributed by atoms with Crippen LogP contribution in [0.1, 0.15) is 23.5 Å². The highest BCUT2D eigenvalue weighted by atomic mass is 16.5. The third kappa shape index (κ3) is 2.62. The van der Waals surface area contributed by atoms with Gasteiger partial charge in [-0.2, -0.15) is 0 Å². The molecule has 2 aromatic rings. The topological polar surface area (TPSA) is 26.3 Å². The lowest BCUT2D eigenvalue weighted by atomic mass is 9.97. The molecule has 2 heteroatoms. The van der Waals surface area contributed by atoms with E-state index in [0.29, 0.717) is 0 Å². The van der Waals surface area contributed by atoms with Gasteiger partial charge in [-0.05, 0) is 17.5 Å². The predicted octanol–water partition coefficient (Wildman–Crippen LogP) is 4.05. The van der Waals surface area contributed by atoms with Crippen molar-refractivity contribution in [1.29, 1.82) is 0 Å². The highest BCUT2D eigenvalue weighted by molar-refractivity contribution is 5.86. The molecule has 2 unspecified atom stereocenters. The third-order valence-corrected chi connectivity index (χ3v) is 4.14. The van der Waals surface area contributed by atoms with Crippen LogP contribution in [0.5, 0.6) is 0 Å². The highest BCUT2D eigenvalue weighted by Crippen LogP contribution is 2.61. The zero-order chi connectivity index (χ0) is 14.7. The fourth-order valence-electron chi connectivity index (χ4n) is 2.86. The molecule has 0 heterocycles. The summed E-state index contributed by atoms with van der Waals surface area (Å²) < 4.78 is 5.03. The monoisotopic (exact) mass is 278 g/mol. The van der Waals surface area contributed by atoms with Crippen LogP contribution >= 0.6 is 0 Å². The van der Waals surface area contributed by atoms with E-state index in [1.165, 1.54) is 12.7 Å². The van der Waals surface area contributed by atoms with E-state index >= 15 is 0 Å². The maximum Gasteiger partial charge on any atom is 0.316 e. The zero-order valence-electron chi connectivity index (χ0n) is 12.0. The normalized spacial score (nSPS) is 24.0. The van der Waals surface area contributed by atoms with E-state index < -0.39 is 5.41 Å². The van der Waals surface area contributed by atoms with Crippen molar-refractivity contribution in [1.82, 2.24) is 0 Å². The van der Waals surface area contributed by atoms with Crippen molar-refractivity contribution in [2.75, 3.05) is 7.11 Å². The van der Waals surface area contributed by atoms with E-state index in [2.05, 4.69) is 12.1 Å². The minimum absolute atomic E-state index is 0.150. The Morgan fingerprint density at radius 2 is 1.71 bits per heavy atom. The molecule has 106 valence electrons. The summed E-state index contributed by atoms with van der Waals surface area (Å²) in [6.07, 6.45) is 4.83. The lowest BCUT2D eigenvalue weighted by Crippen LogP contribution is -2.17. The zero-order valence-corrected chi connectivity index (χ0v) is 12.0. The van der Waals surface area contributed by atoms with Gasteiger partial charge in [0.1, 0.15) is 0 Å². The molecule has 0 bridgehead atoms. The number of rotatable bonds is 4. The van der Waals surface area contributed by atoms with Crippen molar-refractivity contribution in [3.63, 3.8) is 0 Å². The van der Waals surface area contributed by atoms with Crippen molar-refractivity contribution in [3.8, 4) is 0 Å². The van der Waals surface area contributed by atoms with E-state index in [1.807, 2.05) is 60.7 Å². The molecule has 0 aromatic heterocycles. The van der Waals surface area contributed by atoms with Gasteiger partial charge in [0.25, 0.3) is 0 Å². The van der Waals surface area contributed by atoms with E-state index in [9.17, 15) is 4.79 Å². The van der Waals surface area contributed by atoms with Crippen molar-refractivity contribution in [2.24, 2.45) is 5.41 Å². The van der Waals surface area contributed by atoms with Crippen LogP contribution in [0.15, 0.2) is 66.7 Å². The van der Waals surface area contributed by atoms with Crippen LogP contribution in [0.25, 0.3) is 6.08 Å². The van der Waals surface area contributed by atoms with Crippen molar-refractivity contribution >= 4 is 12.0 Å². The molecule has 0 spiro atoms. The second-order valence-electron chi connectivity index (χ2n) is 5.44. The number of benzene rings is 2. The van der Waals surface area contributed by atoms with Crippen LogP contribution in [0.3, 0.4) is 0 Å². The molecule has 1 aliphatic rings. The predicted molar refractivity (Wildman–Crippen MR) is 83.7 cm³/mol. The van der Waals surface area contributed by atoms with Crippen molar-refractivity contribution in [3.05, 3.63) is 77.9 Å². The lowest BCUT2D eigenvalue weighted by molar-refractivity contribution is -0.145. The molecule has 0 amide bonds. The summed E-state index contributed by atoms with van der Waals surface area (Å²) in [5.41, 5.74) is 1.78. The van der Waals surface area contributed by atoms with Gasteiger partial charge in [-0.1, -0.05) is 72.8 Å². The summed E-state index contributed by atoms with van der Waals surface area (Å²) in [6, 6.07) is 20.2. The van der Waals surface area contributed by atoms with Gasteiger partial charge < -0.3 is 4.74 Å². The number of hydrogen-bond donors (Lipinski definition) is 0. The van der Waals surface area contributed by atoms with Gasteiger partial charge in [0, 0.05) is 5.92 Å². The molecule has 2 aromatic carbocycles. The Bertz CT molecular complexity index is 646. The minimum Gasteiger partial charge on any atom is -0.468 e. The third-order valence-electron chi connectivity index (χ3n) is 4.14. The van der Waals surface area contributed by atoms with Crippen LogP contribution < -0.4 is 0 Å². The molecule has 21 heavy (non-hydrogen) atoms. The van der Waals surface area contributed by atoms with E-state index in [-0.39, 0.29) is 11.9 Å². The Morgan fingerprint density at radius 3 is 2.33 bits per heavy atom. The quantitative estimate of drug-likeness (QED) is 0.789. The lowest BCUT2D eigenvalue weighted by Gasteiger charge is -2.10. The molecule has 3 rings (SSSR count). The first kappa shape index (κ1) is 13.6. The minimum atomic E-state index is -0.508. The molecule has 2 atom stereocenters. The van der Waals surface area contributed by atoms with Crippen LogP contribution in [0, 0.1) is 5.41 Å². The fraction of sp³-hybridized carbons (Fsp3) is 0.211. The Balaban J connectivity index is 1.87. The van der Waals surface area contributed by atoms with E-state index in [4.69, 9.17) is 4.74 Å². The molecular formula is C19H18O2. The van der Waals surface area contributed by atoms with Gasteiger partial charge in [0.15, 0.2) is 0 Å². The Morgan fingerprint density at radius 1 is 1.10 bits per heavy atom. The molecule has 0 radical (unpaired) electrons. The SMILES string of the molecule is COC(=O)C1(/C=C/c2ccccc2)CC1c1ccccc1. The average molecular weight is 278 g/mol. The summed E-state index contributed by atoms with van der Waals surface area (Å²) in [5.74, 6) is 0.0645. The number of carbonyl (C=O) groups excluding carboxylic acids is 1. The number of methoxy groups -OCH3 is 1. The summed E-state index contributed by atoms with van der Waals surface area (Å²) in [4.78, 5) is 12.2. The summed E-state index contributed by atoms with van der Waals surface area (Å²) in [6.45, 7) is 0. The summed E-state index contributed by atoms with van der Waals surface area (Å²) in [5, 5.41) is 0. The van der Waals surface area contributed by atoms with Crippen molar-refractivity contribution < 1.29 is 9.53 Å². The standard InChI is InChI=1S/C19H18O2/c1-21-18(20)19(13-12-15-8-4-2-5-9-15)14-17(19)16-10-6-3-7-11-16/h2-13,17H,14H2,1H3/b13-12+. The molecule has 0 aliphatic heterocycles. The van der Waals surface area contributed by atoms with Crippen LogP contribution in [-0.4, -0.2) is 13.1 Å². The van der Waals surface area contributed by atoms with Crippen molar-refractivity contribution in [2.45, 2.75) is 12.3 Å². The second-order valence-corrected chi connectivity index (χ2v) is 5.44. The highest BCUT2D eigenvalue weighted by Gasteiger charge is 2.59. The van der Waals surface area contributed by atoms with Crippen LogP contribution in [0.2, 0.25) is 0 Å². The molecule has 1 aliphatic carbocycles. The molecule has 0 saturated heterocycles. The number of carbonyl (C=O) groups is 1. The van der Waals surface area contributed by atoms with Gasteiger partial charge >= 0.3 is 5.97 Å². The van der Waals surface area contributed by atoms with Gasteiger partial charge in [-0.15, -0.1) is 0 Å². The Hall–Kier alpha value is -2.35. The number of ether oxygens (including phenoxy) is 1. The molecule has 1 saturated carbocycles. The number of esters is 1. The Labute approximate surface area is 125 Å². The molecule has 1 fully saturated rings. The smallest absolute Gasteiger partial charge is 0.316 e. The average Bonchev–Trinajstić information content (AvgIpc) is 3.30. The maximum atomic E-state index is 12.2. The summed E-state index contributed by atoms with van der Waals surface area (Å²) in [7, 11) is 1.46. The van der Waals surface area contributed by atoms with Gasteiger partial charge in [0.2, 0.25) is 0 Å². The molecular weight excluding hydrogens is 260 g/mol. The second kappa shape index (κ2) is 5.57. The van der Waals surface area contributed by atoms with Gasteiger partial charge in [-0.25, -0.2) is 0 Å². The molecule has 0 N–H and O–H groups in total. The largest absolute Gasteiger partial charge is 0.468 e. The molecule has 2 nitrogen and oxygen atoms in total. The first-order chi connectivity index (χ1) is 10.3. The van der Waals surface area contributed by atoms with Crippen LogP contribution in [0.4, 0.5) is 0 Å². The fourth-order valence-corrected chi connectivity index (χ4v) is 2.86. The van der Waals surface area contributed by atoms with Crippen LogP contribution in [-0.2, 0) is 9.53 Å². The van der Waals surface area contributed by atoms with Gasteiger partial charge in [0.05, 0.1) is 12.5 Å². The summed E-state index contributed by atoms with van der Waals surface area (Å²) >= 11 is 0. The Kier molecular flexibility index (Phi) is 3.61. The first-order valence-corrected chi connectivity index (χ1v) is 7.14.